The summed E-state index contributed by atoms with van der Waals surface area (Å²) in [5.74, 6) is 0.598. The molecule has 1 amide bonds. The first-order valence-corrected chi connectivity index (χ1v) is 11.8. The van der Waals surface area contributed by atoms with Gasteiger partial charge in [-0.3, -0.25) is 4.79 Å². The number of rotatable bonds is 11. The average Bonchev–Trinajstić information content (AvgIpc) is 2.71. The fourth-order valence-electron chi connectivity index (χ4n) is 2.82. The highest BCUT2D eigenvalue weighted by molar-refractivity contribution is 7.89. The number of carbonyl (C=O) groups is 1. The number of hydrogen-bond donors (Lipinski definition) is 2. The minimum atomic E-state index is -3.63. The molecule has 0 heterocycles. The molecule has 0 saturated heterocycles. The van der Waals surface area contributed by atoms with Crippen LogP contribution in [0.3, 0.4) is 0 Å². The summed E-state index contributed by atoms with van der Waals surface area (Å²) in [6, 6.07) is 15.9. The Morgan fingerprint density at radius 2 is 1.60 bits per heavy atom. The topological polar surface area (TPSA) is 84.5 Å². The maximum absolute atomic E-state index is 12.6. The fourth-order valence-corrected chi connectivity index (χ4v) is 4.10. The highest BCUT2D eigenvalue weighted by atomic mass is 32.2. The van der Waals surface area contributed by atoms with E-state index in [4.69, 9.17) is 4.74 Å². The summed E-state index contributed by atoms with van der Waals surface area (Å²) in [6.45, 7) is 8.13. The number of carbonyl (C=O) groups excluding carboxylic acids is 1. The van der Waals surface area contributed by atoms with E-state index in [1.807, 2.05) is 51.1 Å². The highest BCUT2D eigenvalue weighted by Crippen LogP contribution is 2.18. The highest BCUT2D eigenvalue weighted by Gasteiger charge is 2.19. The van der Waals surface area contributed by atoms with E-state index < -0.39 is 16.1 Å². The van der Waals surface area contributed by atoms with Gasteiger partial charge < -0.3 is 10.1 Å². The van der Waals surface area contributed by atoms with Crippen LogP contribution in [0.4, 0.5) is 0 Å². The Morgan fingerprint density at radius 3 is 2.20 bits per heavy atom. The standard InChI is InChI=1S/C23H32N2O4S/c1-17(2)16-24-23(26)19(4)29-21-12-14-22(15-13-21)30(27,28)25-18(3)10-11-20-8-6-5-7-9-20/h5-9,12-15,17-19,25H,10-11,16H2,1-4H3,(H,24,26)/t18-,19-/m0/s1. The van der Waals surface area contributed by atoms with Crippen molar-refractivity contribution in [1.29, 1.82) is 0 Å². The van der Waals surface area contributed by atoms with E-state index in [2.05, 4.69) is 10.0 Å². The van der Waals surface area contributed by atoms with Crippen molar-refractivity contribution in [2.75, 3.05) is 6.54 Å². The van der Waals surface area contributed by atoms with E-state index in [1.165, 1.54) is 17.7 Å². The molecular weight excluding hydrogens is 400 g/mol. The van der Waals surface area contributed by atoms with Crippen LogP contribution in [0, 0.1) is 5.92 Å². The SMILES string of the molecule is CC(C)CNC(=O)[C@H](C)Oc1ccc(S(=O)(=O)N[C@@H](C)CCc2ccccc2)cc1. The van der Waals surface area contributed by atoms with Crippen molar-refractivity contribution in [1.82, 2.24) is 10.0 Å². The van der Waals surface area contributed by atoms with Gasteiger partial charge in [0.15, 0.2) is 6.10 Å². The van der Waals surface area contributed by atoms with E-state index in [0.717, 1.165) is 6.42 Å². The Bertz CT molecular complexity index is 897. The van der Waals surface area contributed by atoms with Crippen molar-refractivity contribution < 1.29 is 17.9 Å². The molecule has 0 spiro atoms. The van der Waals surface area contributed by atoms with Gasteiger partial charge in [0.2, 0.25) is 10.0 Å². The Morgan fingerprint density at radius 1 is 0.967 bits per heavy atom. The number of amides is 1. The van der Waals surface area contributed by atoms with E-state index >= 15 is 0 Å². The van der Waals surface area contributed by atoms with Crippen molar-refractivity contribution in [2.24, 2.45) is 5.92 Å². The lowest BCUT2D eigenvalue weighted by Crippen LogP contribution is -2.38. The van der Waals surface area contributed by atoms with E-state index in [-0.39, 0.29) is 16.8 Å². The van der Waals surface area contributed by atoms with E-state index in [1.54, 1.807) is 19.1 Å². The van der Waals surface area contributed by atoms with Crippen molar-refractivity contribution in [3.8, 4) is 5.75 Å². The summed E-state index contributed by atoms with van der Waals surface area (Å²) in [6.07, 6.45) is 0.837. The lowest BCUT2D eigenvalue weighted by Gasteiger charge is -2.17. The third-order valence-electron chi connectivity index (χ3n) is 4.57. The third-order valence-corrected chi connectivity index (χ3v) is 6.17. The van der Waals surface area contributed by atoms with Gasteiger partial charge in [0, 0.05) is 12.6 Å². The summed E-state index contributed by atoms with van der Waals surface area (Å²) in [7, 11) is -3.63. The number of sulfonamides is 1. The van der Waals surface area contributed by atoms with Crippen LogP contribution >= 0.6 is 0 Å². The molecule has 30 heavy (non-hydrogen) atoms. The Labute approximate surface area is 180 Å². The van der Waals surface area contributed by atoms with Crippen LogP contribution in [0.1, 0.15) is 39.7 Å². The molecule has 0 aromatic heterocycles. The molecule has 0 bridgehead atoms. The molecule has 0 aliphatic carbocycles. The lowest BCUT2D eigenvalue weighted by molar-refractivity contribution is -0.127. The smallest absolute Gasteiger partial charge is 0.260 e. The number of aryl methyl sites for hydroxylation is 1. The molecule has 2 N–H and O–H groups in total. The second-order valence-electron chi connectivity index (χ2n) is 7.92. The van der Waals surface area contributed by atoms with E-state index in [9.17, 15) is 13.2 Å². The Balaban J connectivity index is 1.89. The summed E-state index contributed by atoms with van der Waals surface area (Å²) >= 11 is 0. The van der Waals surface area contributed by atoms with Crippen LogP contribution in [0.5, 0.6) is 5.75 Å². The normalized spacial score (nSPS) is 13.6. The van der Waals surface area contributed by atoms with Crippen molar-refractivity contribution in [2.45, 2.75) is 57.6 Å². The number of nitrogens with one attached hydrogen (secondary N) is 2. The van der Waals surface area contributed by atoms with Crippen LogP contribution in [0.25, 0.3) is 0 Å². The van der Waals surface area contributed by atoms with Crippen molar-refractivity contribution in [3.05, 3.63) is 60.2 Å². The molecular formula is C23H32N2O4S. The first-order valence-electron chi connectivity index (χ1n) is 10.3. The maximum Gasteiger partial charge on any atom is 0.260 e. The molecule has 0 aliphatic heterocycles. The van der Waals surface area contributed by atoms with Gasteiger partial charge in [0.1, 0.15) is 5.75 Å². The van der Waals surface area contributed by atoms with Gasteiger partial charge in [-0.25, -0.2) is 13.1 Å². The molecule has 0 fully saturated rings. The molecule has 2 rings (SSSR count). The minimum Gasteiger partial charge on any atom is -0.481 e. The largest absolute Gasteiger partial charge is 0.481 e. The lowest BCUT2D eigenvalue weighted by atomic mass is 10.1. The van der Waals surface area contributed by atoms with Crippen LogP contribution in [-0.4, -0.2) is 33.0 Å². The van der Waals surface area contributed by atoms with E-state index in [0.29, 0.717) is 24.6 Å². The quantitative estimate of drug-likeness (QED) is 0.569. The predicted molar refractivity (Wildman–Crippen MR) is 119 cm³/mol. The second kappa shape index (κ2) is 11.1. The molecule has 7 heteroatoms. The molecule has 0 radical (unpaired) electrons. The molecule has 2 atom stereocenters. The van der Waals surface area contributed by atoms with Gasteiger partial charge in [-0.15, -0.1) is 0 Å². The fraction of sp³-hybridized carbons (Fsp3) is 0.435. The molecule has 0 saturated carbocycles. The van der Waals surface area contributed by atoms with Crippen molar-refractivity contribution >= 4 is 15.9 Å². The summed E-state index contributed by atoms with van der Waals surface area (Å²) in [4.78, 5) is 12.2. The summed E-state index contributed by atoms with van der Waals surface area (Å²) < 4.78 is 33.6. The van der Waals surface area contributed by atoms with Gasteiger partial charge in [-0.2, -0.15) is 0 Å². The number of ether oxygens (including phenoxy) is 1. The van der Waals surface area contributed by atoms with Crippen molar-refractivity contribution in [3.63, 3.8) is 0 Å². The predicted octanol–water partition coefficient (Wildman–Crippen LogP) is 3.53. The first kappa shape index (κ1) is 23.9. The molecule has 2 aromatic rings. The Kier molecular flexibility index (Phi) is 8.87. The molecule has 6 nitrogen and oxygen atoms in total. The van der Waals surface area contributed by atoms with Crippen LogP contribution in [0.15, 0.2) is 59.5 Å². The van der Waals surface area contributed by atoms with Gasteiger partial charge in [-0.05, 0) is 62.4 Å². The molecule has 2 aromatic carbocycles. The summed E-state index contributed by atoms with van der Waals surface area (Å²) in [5, 5.41) is 2.81. The minimum absolute atomic E-state index is 0.165. The summed E-state index contributed by atoms with van der Waals surface area (Å²) in [5.41, 5.74) is 1.18. The molecule has 164 valence electrons. The number of hydrogen-bond acceptors (Lipinski definition) is 4. The zero-order chi connectivity index (χ0) is 22.1. The first-order chi connectivity index (χ1) is 14.2. The molecule has 0 unspecified atom stereocenters. The zero-order valence-electron chi connectivity index (χ0n) is 18.1. The third kappa shape index (κ3) is 7.80. The second-order valence-corrected chi connectivity index (χ2v) is 9.63. The van der Waals surface area contributed by atoms with Crippen LogP contribution in [0.2, 0.25) is 0 Å². The zero-order valence-corrected chi connectivity index (χ0v) is 18.9. The van der Waals surface area contributed by atoms with Crippen LogP contribution in [-0.2, 0) is 21.2 Å². The van der Waals surface area contributed by atoms with Gasteiger partial charge in [-0.1, -0.05) is 44.2 Å². The van der Waals surface area contributed by atoms with Gasteiger partial charge >= 0.3 is 0 Å². The van der Waals surface area contributed by atoms with Crippen LogP contribution < -0.4 is 14.8 Å². The van der Waals surface area contributed by atoms with Gasteiger partial charge in [0.05, 0.1) is 4.90 Å². The number of benzene rings is 2. The maximum atomic E-state index is 12.6. The Hall–Kier alpha value is -2.38. The van der Waals surface area contributed by atoms with Gasteiger partial charge in [0.25, 0.3) is 5.91 Å². The average molecular weight is 433 g/mol. The molecule has 0 aliphatic rings. The monoisotopic (exact) mass is 432 g/mol.